The minimum absolute atomic E-state index is 0.0257. The van der Waals surface area contributed by atoms with Crippen LogP contribution in [0.2, 0.25) is 0 Å². The van der Waals surface area contributed by atoms with Gasteiger partial charge < -0.3 is 0 Å². The van der Waals surface area contributed by atoms with E-state index in [0.29, 0.717) is 0 Å². The van der Waals surface area contributed by atoms with Crippen molar-refractivity contribution in [1.82, 2.24) is 9.97 Å². The molecule has 2 aromatic rings. The molecule has 1 aliphatic carbocycles. The second kappa shape index (κ2) is 4.52. The monoisotopic (exact) mass is 240 g/mol. The van der Waals surface area contributed by atoms with Gasteiger partial charge in [0.05, 0.1) is 11.4 Å². The Bertz CT molecular complexity index is 571. The summed E-state index contributed by atoms with van der Waals surface area (Å²) in [4.78, 5) is 9.00. The van der Waals surface area contributed by atoms with E-state index >= 15 is 0 Å². The summed E-state index contributed by atoms with van der Waals surface area (Å²) in [5.74, 6) is 0. The smallest absolute Gasteiger partial charge is 0.0930 e. The molecule has 0 aromatic carbocycles. The Hall–Kier alpha value is -1.70. The normalized spacial score (nSPS) is 14.3. The third kappa shape index (κ3) is 1.72. The summed E-state index contributed by atoms with van der Waals surface area (Å²) in [5, 5.41) is 0. The maximum Gasteiger partial charge on any atom is 0.0930 e. The molecule has 0 N–H and O–H groups in total. The average molecular weight is 240 g/mol. The Labute approximate surface area is 109 Å². The van der Waals surface area contributed by atoms with Gasteiger partial charge in [-0.2, -0.15) is 0 Å². The van der Waals surface area contributed by atoms with Gasteiger partial charge in [0.15, 0.2) is 0 Å². The zero-order chi connectivity index (χ0) is 13.3. The Morgan fingerprint density at radius 3 is 2.39 bits per heavy atom. The fourth-order valence-corrected chi connectivity index (χ4v) is 2.48. The van der Waals surface area contributed by atoms with Gasteiger partial charge in [-0.25, -0.2) is 0 Å². The zero-order valence-corrected chi connectivity index (χ0v) is 11.8. The summed E-state index contributed by atoms with van der Waals surface area (Å²) in [5.41, 5.74) is 5.90. The number of aromatic nitrogens is 2. The number of hydrogen-bond donors (Lipinski definition) is 0. The van der Waals surface area contributed by atoms with Crippen molar-refractivity contribution in [3.8, 4) is 11.4 Å². The Balaban J connectivity index is 0.000000574. The second-order valence-corrected chi connectivity index (χ2v) is 4.93. The van der Waals surface area contributed by atoms with E-state index in [-0.39, 0.29) is 5.41 Å². The lowest BCUT2D eigenvalue weighted by molar-refractivity contribution is 0.657. The van der Waals surface area contributed by atoms with Crippen molar-refractivity contribution < 1.29 is 0 Å². The Morgan fingerprint density at radius 2 is 1.67 bits per heavy atom. The van der Waals surface area contributed by atoms with Crippen LogP contribution in [0.1, 0.15) is 44.4 Å². The molecule has 0 atom stereocenters. The summed E-state index contributed by atoms with van der Waals surface area (Å²) in [7, 11) is 0. The highest BCUT2D eigenvalue weighted by molar-refractivity contribution is 5.74. The van der Waals surface area contributed by atoms with Crippen LogP contribution >= 0.6 is 0 Å². The molecule has 18 heavy (non-hydrogen) atoms. The molecule has 0 bridgehead atoms. The van der Waals surface area contributed by atoms with Crippen molar-refractivity contribution in [2.75, 3.05) is 0 Å². The topological polar surface area (TPSA) is 25.8 Å². The maximum atomic E-state index is 4.53. The van der Waals surface area contributed by atoms with Crippen molar-refractivity contribution in [1.29, 1.82) is 0 Å². The molecular formula is C16H20N2. The van der Waals surface area contributed by atoms with Crippen LogP contribution in [0.5, 0.6) is 0 Å². The van der Waals surface area contributed by atoms with Gasteiger partial charge in [0.1, 0.15) is 0 Å². The van der Waals surface area contributed by atoms with Crippen LogP contribution in [-0.4, -0.2) is 9.97 Å². The molecule has 0 fully saturated rings. The first-order valence-corrected chi connectivity index (χ1v) is 6.53. The molecule has 1 aliphatic rings. The number of rotatable bonds is 0. The molecule has 2 heteroatoms. The first-order chi connectivity index (χ1) is 8.60. The average Bonchev–Trinajstić information content (AvgIpc) is 2.62. The van der Waals surface area contributed by atoms with E-state index < -0.39 is 0 Å². The van der Waals surface area contributed by atoms with Gasteiger partial charge in [0.25, 0.3) is 0 Å². The van der Waals surface area contributed by atoms with Gasteiger partial charge in [-0.05, 0) is 29.7 Å². The minimum atomic E-state index is 0.0257. The van der Waals surface area contributed by atoms with Crippen LogP contribution in [-0.2, 0) is 5.41 Å². The molecule has 0 spiro atoms. The lowest BCUT2D eigenvalue weighted by Gasteiger charge is -2.20. The first-order valence-electron chi connectivity index (χ1n) is 6.53. The Morgan fingerprint density at radius 1 is 1.00 bits per heavy atom. The standard InChI is InChI=1S/C14H14N2.C2H6/c1-9-7-11-13(16-8-9)12-10(14(11,2)3)5-4-6-15-12;1-2/h4-8H,1-3H3;1-2H3. The van der Waals surface area contributed by atoms with Crippen molar-refractivity contribution in [2.24, 2.45) is 0 Å². The number of nitrogens with zero attached hydrogens (tertiary/aromatic N) is 2. The summed E-state index contributed by atoms with van der Waals surface area (Å²) in [6.45, 7) is 10.6. The van der Waals surface area contributed by atoms with Crippen LogP contribution in [0.25, 0.3) is 11.4 Å². The van der Waals surface area contributed by atoms with Gasteiger partial charge in [-0.1, -0.05) is 39.8 Å². The molecule has 0 saturated carbocycles. The summed E-state index contributed by atoms with van der Waals surface area (Å²) in [6.07, 6.45) is 3.75. The lowest BCUT2D eigenvalue weighted by Crippen LogP contribution is -2.15. The van der Waals surface area contributed by atoms with E-state index in [4.69, 9.17) is 0 Å². The van der Waals surface area contributed by atoms with Gasteiger partial charge >= 0.3 is 0 Å². The largest absolute Gasteiger partial charge is 0.254 e. The molecule has 0 unspecified atom stereocenters. The van der Waals surface area contributed by atoms with E-state index in [1.807, 2.05) is 32.3 Å². The maximum absolute atomic E-state index is 4.53. The van der Waals surface area contributed by atoms with Crippen molar-refractivity contribution in [3.05, 3.63) is 47.3 Å². The summed E-state index contributed by atoms with van der Waals surface area (Å²) < 4.78 is 0. The fourth-order valence-electron chi connectivity index (χ4n) is 2.48. The lowest BCUT2D eigenvalue weighted by atomic mass is 9.83. The number of hydrogen-bond acceptors (Lipinski definition) is 2. The highest BCUT2D eigenvalue weighted by Gasteiger charge is 2.37. The van der Waals surface area contributed by atoms with Crippen molar-refractivity contribution >= 4 is 0 Å². The number of aryl methyl sites for hydroxylation is 1. The van der Waals surface area contributed by atoms with Crippen LogP contribution in [0.3, 0.4) is 0 Å². The predicted octanol–water partition coefficient (Wildman–Crippen LogP) is 4.12. The van der Waals surface area contributed by atoms with Gasteiger partial charge in [0, 0.05) is 17.8 Å². The van der Waals surface area contributed by atoms with Gasteiger partial charge in [0.2, 0.25) is 0 Å². The molecule has 2 aromatic heterocycles. The van der Waals surface area contributed by atoms with Crippen LogP contribution < -0.4 is 0 Å². The fraction of sp³-hybridized carbons (Fsp3) is 0.375. The van der Waals surface area contributed by atoms with E-state index in [9.17, 15) is 0 Å². The van der Waals surface area contributed by atoms with Crippen molar-refractivity contribution in [2.45, 2.75) is 40.0 Å². The molecule has 3 rings (SSSR count). The highest BCUT2D eigenvalue weighted by Crippen LogP contribution is 2.46. The zero-order valence-electron chi connectivity index (χ0n) is 11.8. The summed E-state index contributed by atoms with van der Waals surface area (Å²) >= 11 is 0. The number of pyridine rings is 2. The molecule has 2 nitrogen and oxygen atoms in total. The SMILES string of the molecule is CC.Cc1cnc2c(c1)C(C)(C)c1cccnc1-2. The molecule has 94 valence electrons. The highest BCUT2D eigenvalue weighted by atomic mass is 14.8. The van der Waals surface area contributed by atoms with Gasteiger partial charge in [-0.3, -0.25) is 9.97 Å². The number of fused-ring (bicyclic) bond motifs is 3. The predicted molar refractivity (Wildman–Crippen MR) is 75.7 cm³/mol. The van der Waals surface area contributed by atoms with E-state index in [2.05, 4.69) is 42.9 Å². The molecule has 2 heterocycles. The van der Waals surface area contributed by atoms with E-state index in [1.54, 1.807) is 0 Å². The third-order valence-electron chi connectivity index (χ3n) is 3.40. The van der Waals surface area contributed by atoms with Crippen LogP contribution in [0, 0.1) is 6.92 Å². The molecule has 0 aliphatic heterocycles. The molecule has 0 amide bonds. The second-order valence-electron chi connectivity index (χ2n) is 4.93. The first kappa shape index (κ1) is 12.7. The summed E-state index contributed by atoms with van der Waals surface area (Å²) in [6, 6.07) is 6.38. The molecule has 0 saturated heterocycles. The van der Waals surface area contributed by atoms with E-state index in [0.717, 1.165) is 11.4 Å². The minimum Gasteiger partial charge on any atom is -0.254 e. The van der Waals surface area contributed by atoms with Crippen molar-refractivity contribution in [3.63, 3.8) is 0 Å². The third-order valence-corrected chi connectivity index (χ3v) is 3.40. The quantitative estimate of drug-likeness (QED) is 0.692. The van der Waals surface area contributed by atoms with Crippen LogP contribution in [0.15, 0.2) is 30.6 Å². The van der Waals surface area contributed by atoms with Crippen LogP contribution in [0.4, 0.5) is 0 Å². The molecule has 0 radical (unpaired) electrons. The van der Waals surface area contributed by atoms with Gasteiger partial charge in [-0.15, -0.1) is 0 Å². The van der Waals surface area contributed by atoms with E-state index in [1.165, 1.54) is 16.7 Å². The Kier molecular flexibility index (Phi) is 3.20. The molecular weight excluding hydrogens is 220 g/mol.